The average Bonchev–Trinajstić information content (AvgIpc) is 2.83. The molecule has 40 heavy (non-hydrogen) atoms. The van der Waals surface area contributed by atoms with Crippen molar-refractivity contribution in [3.05, 3.63) is 63.7 Å². The lowest BCUT2D eigenvalue weighted by Crippen LogP contribution is -2.56. The van der Waals surface area contributed by atoms with E-state index in [-0.39, 0.29) is 0 Å². The smallest absolute Gasteiger partial charge is 0.408 e. The first-order valence-corrected chi connectivity index (χ1v) is 13.7. The number of amides is 4. The van der Waals surface area contributed by atoms with Crippen molar-refractivity contribution in [2.45, 2.75) is 92.0 Å². The van der Waals surface area contributed by atoms with E-state index in [1.807, 2.05) is 52.0 Å². The molecule has 0 aliphatic heterocycles. The van der Waals surface area contributed by atoms with Crippen LogP contribution in [0.2, 0.25) is 5.02 Å². The van der Waals surface area contributed by atoms with Gasteiger partial charge in [-0.25, -0.2) is 4.79 Å². The van der Waals surface area contributed by atoms with E-state index < -0.39 is 54.0 Å². The highest BCUT2D eigenvalue weighted by Crippen LogP contribution is 2.34. The van der Waals surface area contributed by atoms with Gasteiger partial charge >= 0.3 is 6.09 Å². The van der Waals surface area contributed by atoms with E-state index in [0.29, 0.717) is 22.7 Å². The number of anilines is 1. The number of benzene rings is 2. The van der Waals surface area contributed by atoms with Gasteiger partial charge in [-0.1, -0.05) is 48.9 Å². The fourth-order valence-electron chi connectivity index (χ4n) is 4.46. The molecule has 3 unspecified atom stereocenters. The van der Waals surface area contributed by atoms with Gasteiger partial charge in [-0.05, 0) is 83.2 Å². The molecular formula is C30H41ClN4O5. The minimum Gasteiger partial charge on any atom is -0.444 e. The molecule has 0 aromatic heterocycles. The van der Waals surface area contributed by atoms with Gasteiger partial charge in [0.05, 0.1) is 17.1 Å². The van der Waals surface area contributed by atoms with Crippen molar-refractivity contribution >= 4 is 41.1 Å². The van der Waals surface area contributed by atoms with Crippen molar-refractivity contribution in [3.8, 4) is 0 Å². The van der Waals surface area contributed by atoms with Crippen LogP contribution in [0.3, 0.4) is 0 Å². The van der Waals surface area contributed by atoms with Gasteiger partial charge in [-0.3, -0.25) is 14.4 Å². The number of carbonyl (C=O) groups excluding carboxylic acids is 4. The maximum absolute atomic E-state index is 14.3. The van der Waals surface area contributed by atoms with E-state index in [9.17, 15) is 19.2 Å². The van der Waals surface area contributed by atoms with Gasteiger partial charge in [0.15, 0.2) is 0 Å². The standard InChI is InChI=1S/C30H41ClN4O5/c1-9-20(5)35(28(38)22(16-23(32)36)33-29(39)40-30(6,7)8)26(24-17(2)12-10-13-18(24)3)27(37)34-25-19(4)14-11-15-21(25)31/h10-15,20,22,26H,9,16H2,1-8H3,(H2,32,36)(H,33,39)(H,34,37). The van der Waals surface area contributed by atoms with Crippen LogP contribution in [0.1, 0.15) is 75.8 Å². The number of carbonyl (C=O) groups is 4. The van der Waals surface area contributed by atoms with Crippen LogP contribution in [0.4, 0.5) is 10.5 Å². The average molecular weight is 573 g/mol. The number of rotatable bonds is 10. The van der Waals surface area contributed by atoms with E-state index in [0.717, 1.165) is 16.7 Å². The molecule has 0 radical (unpaired) electrons. The summed E-state index contributed by atoms with van der Waals surface area (Å²) in [6.45, 7) is 14.3. The van der Waals surface area contributed by atoms with Crippen molar-refractivity contribution in [2.75, 3.05) is 5.32 Å². The van der Waals surface area contributed by atoms with E-state index in [2.05, 4.69) is 10.6 Å². The Morgan fingerprint density at radius 1 is 1.00 bits per heavy atom. The Morgan fingerprint density at radius 2 is 1.55 bits per heavy atom. The van der Waals surface area contributed by atoms with Crippen molar-refractivity contribution < 1.29 is 23.9 Å². The Bertz CT molecular complexity index is 1220. The Kier molecular flexibility index (Phi) is 11.1. The molecule has 0 aliphatic rings. The summed E-state index contributed by atoms with van der Waals surface area (Å²) in [7, 11) is 0. The molecule has 2 aromatic rings. The number of primary amides is 1. The number of nitrogens with one attached hydrogen (secondary N) is 2. The molecule has 10 heteroatoms. The summed E-state index contributed by atoms with van der Waals surface area (Å²) in [6.07, 6.45) is -0.868. The highest BCUT2D eigenvalue weighted by Gasteiger charge is 2.40. The van der Waals surface area contributed by atoms with Crippen molar-refractivity contribution in [1.82, 2.24) is 10.2 Å². The molecule has 3 atom stereocenters. The Labute approximate surface area is 241 Å². The largest absolute Gasteiger partial charge is 0.444 e. The molecule has 0 bridgehead atoms. The first kappa shape index (κ1) is 32.6. The van der Waals surface area contributed by atoms with Crippen LogP contribution in [0.15, 0.2) is 36.4 Å². The van der Waals surface area contributed by atoms with Crippen LogP contribution in [0.5, 0.6) is 0 Å². The summed E-state index contributed by atoms with van der Waals surface area (Å²) < 4.78 is 5.34. The third-order valence-corrected chi connectivity index (χ3v) is 6.84. The summed E-state index contributed by atoms with van der Waals surface area (Å²) in [5, 5.41) is 5.78. The molecular weight excluding hydrogens is 532 g/mol. The molecule has 0 spiro atoms. The minimum atomic E-state index is -1.36. The second-order valence-electron chi connectivity index (χ2n) is 11.0. The van der Waals surface area contributed by atoms with E-state index in [1.54, 1.807) is 39.8 Å². The van der Waals surface area contributed by atoms with Crippen LogP contribution in [-0.4, -0.2) is 46.4 Å². The fraction of sp³-hybridized carbons (Fsp3) is 0.467. The quantitative estimate of drug-likeness (QED) is 0.353. The zero-order chi connectivity index (χ0) is 30.4. The molecule has 4 N–H and O–H groups in total. The number of aryl methyl sites for hydroxylation is 3. The van der Waals surface area contributed by atoms with Crippen molar-refractivity contribution in [1.29, 1.82) is 0 Å². The van der Waals surface area contributed by atoms with Gasteiger partial charge in [0.2, 0.25) is 11.8 Å². The van der Waals surface area contributed by atoms with Gasteiger partial charge in [-0.2, -0.15) is 0 Å². The number of halogens is 1. The second-order valence-corrected chi connectivity index (χ2v) is 11.4. The van der Waals surface area contributed by atoms with E-state index in [4.69, 9.17) is 22.1 Å². The number of nitrogens with two attached hydrogens (primary N) is 1. The molecule has 0 heterocycles. The maximum Gasteiger partial charge on any atom is 0.408 e. The normalized spacial score (nSPS) is 13.5. The Morgan fingerprint density at radius 3 is 2.05 bits per heavy atom. The SMILES string of the molecule is CCC(C)N(C(=O)C(CC(N)=O)NC(=O)OC(C)(C)C)C(C(=O)Nc1c(C)cccc1Cl)c1c(C)cccc1C. The zero-order valence-corrected chi connectivity index (χ0v) is 25.3. The van der Waals surface area contributed by atoms with Crippen LogP contribution >= 0.6 is 11.6 Å². The highest BCUT2D eigenvalue weighted by atomic mass is 35.5. The number of ether oxygens (including phenoxy) is 1. The van der Waals surface area contributed by atoms with E-state index >= 15 is 0 Å². The van der Waals surface area contributed by atoms with Gasteiger partial charge in [-0.15, -0.1) is 0 Å². The molecule has 0 saturated carbocycles. The molecule has 4 amide bonds. The molecule has 0 saturated heterocycles. The van der Waals surface area contributed by atoms with Gasteiger partial charge in [0, 0.05) is 6.04 Å². The molecule has 218 valence electrons. The molecule has 9 nitrogen and oxygen atoms in total. The summed E-state index contributed by atoms with van der Waals surface area (Å²) in [4.78, 5) is 54.5. The lowest BCUT2D eigenvalue weighted by Gasteiger charge is -2.39. The lowest BCUT2D eigenvalue weighted by molar-refractivity contribution is -0.144. The summed E-state index contributed by atoms with van der Waals surface area (Å²) in [6, 6.07) is 7.93. The predicted molar refractivity (Wildman–Crippen MR) is 157 cm³/mol. The van der Waals surface area contributed by atoms with Crippen LogP contribution in [-0.2, 0) is 19.1 Å². The van der Waals surface area contributed by atoms with Crippen LogP contribution < -0.4 is 16.4 Å². The second kappa shape index (κ2) is 13.7. The van der Waals surface area contributed by atoms with Gasteiger partial charge < -0.3 is 26.0 Å². The topological polar surface area (TPSA) is 131 Å². The first-order valence-electron chi connectivity index (χ1n) is 13.3. The zero-order valence-electron chi connectivity index (χ0n) is 24.6. The number of nitrogens with zero attached hydrogens (tertiary/aromatic N) is 1. The van der Waals surface area contributed by atoms with Crippen molar-refractivity contribution in [2.24, 2.45) is 5.73 Å². The molecule has 2 aromatic carbocycles. The highest BCUT2D eigenvalue weighted by molar-refractivity contribution is 6.34. The monoisotopic (exact) mass is 572 g/mol. The fourth-order valence-corrected chi connectivity index (χ4v) is 4.73. The van der Waals surface area contributed by atoms with Gasteiger partial charge in [0.25, 0.3) is 5.91 Å². The molecule has 2 rings (SSSR count). The molecule has 0 fully saturated rings. The molecule has 0 aliphatic carbocycles. The Balaban J connectivity index is 2.69. The maximum atomic E-state index is 14.3. The number of hydrogen-bond donors (Lipinski definition) is 3. The van der Waals surface area contributed by atoms with Crippen LogP contribution in [0.25, 0.3) is 0 Å². The number of hydrogen-bond acceptors (Lipinski definition) is 5. The predicted octanol–water partition coefficient (Wildman–Crippen LogP) is 5.34. The first-order chi connectivity index (χ1) is 18.6. The Hall–Kier alpha value is -3.59. The number of para-hydroxylation sites is 1. The summed E-state index contributed by atoms with van der Waals surface area (Å²) in [5.41, 5.74) is 8.05. The van der Waals surface area contributed by atoms with Gasteiger partial charge in [0.1, 0.15) is 17.7 Å². The number of alkyl carbamates (subject to hydrolysis) is 1. The van der Waals surface area contributed by atoms with Crippen LogP contribution in [0, 0.1) is 20.8 Å². The third kappa shape index (κ3) is 8.45. The van der Waals surface area contributed by atoms with E-state index in [1.165, 1.54) is 4.90 Å². The van der Waals surface area contributed by atoms with Crippen molar-refractivity contribution in [3.63, 3.8) is 0 Å². The minimum absolute atomic E-state index is 0.355. The lowest BCUT2D eigenvalue weighted by atomic mass is 9.92. The summed E-state index contributed by atoms with van der Waals surface area (Å²) in [5.74, 6) is -1.92. The summed E-state index contributed by atoms with van der Waals surface area (Å²) >= 11 is 6.43. The third-order valence-electron chi connectivity index (χ3n) is 6.53.